The largest absolute Gasteiger partial charge is 0.348 e. The van der Waals surface area contributed by atoms with Crippen molar-refractivity contribution >= 4 is 30.7 Å². The maximum Gasteiger partial charge on any atom is 0.230 e. The first-order chi connectivity index (χ1) is 6.04. The molecule has 15 heavy (non-hydrogen) atoms. The molecule has 1 N–H and O–H groups in total. The Balaban J connectivity index is 0. The molecule has 1 heterocycles. The summed E-state index contributed by atoms with van der Waals surface area (Å²) < 4.78 is 0. The lowest BCUT2D eigenvalue weighted by atomic mass is 10.1. The van der Waals surface area contributed by atoms with Crippen LogP contribution < -0.4 is 0 Å². The van der Waals surface area contributed by atoms with Crippen LogP contribution in [0.1, 0.15) is 24.2 Å². The number of carbonyl (C=O) groups excluding carboxylic acids is 1. The summed E-state index contributed by atoms with van der Waals surface area (Å²) in [7, 11) is 3.50. The van der Waals surface area contributed by atoms with Crippen molar-refractivity contribution in [2.75, 3.05) is 14.1 Å². The van der Waals surface area contributed by atoms with Crippen LogP contribution in [0.3, 0.4) is 0 Å². The minimum absolute atomic E-state index is 0. The second kappa shape index (κ2) is 6.69. The lowest BCUT2D eigenvalue weighted by Crippen LogP contribution is -2.27. The molecule has 0 fully saturated rings. The summed E-state index contributed by atoms with van der Waals surface area (Å²) in [6.45, 7) is 3.78. The molecule has 6 heteroatoms. The second-order valence-electron chi connectivity index (χ2n) is 3.37. The first kappa shape index (κ1) is 16.7. The van der Waals surface area contributed by atoms with Crippen molar-refractivity contribution in [3.8, 4) is 0 Å². The first-order valence-electron chi connectivity index (χ1n) is 4.25. The van der Waals surface area contributed by atoms with Crippen molar-refractivity contribution < 1.29 is 4.79 Å². The highest BCUT2D eigenvalue weighted by Gasteiger charge is 2.20. The van der Waals surface area contributed by atoms with Gasteiger partial charge in [-0.25, -0.2) is 4.98 Å². The number of amides is 1. The monoisotopic (exact) mass is 253 g/mol. The minimum Gasteiger partial charge on any atom is -0.348 e. The molecule has 88 valence electrons. The van der Waals surface area contributed by atoms with Gasteiger partial charge in [0.15, 0.2) is 0 Å². The highest BCUT2D eigenvalue weighted by molar-refractivity contribution is 5.85. The Bertz CT molecular complexity index is 312. The van der Waals surface area contributed by atoms with E-state index >= 15 is 0 Å². The Morgan fingerprint density at radius 3 is 2.33 bits per heavy atom. The average molecular weight is 254 g/mol. The van der Waals surface area contributed by atoms with Crippen molar-refractivity contribution in [2.45, 2.75) is 19.8 Å². The van der Waals surface area contributed by atoms with E-state index in [4.69, 9.17) is 0 Å². The molecule has 0 aliphatic rings. The summed E-state index contributed by atoms with van der Waals surface area (Å²) in [5, 5.41) is 0. The SMILES string of the molecule is Cc1[nH]cnc1C(C)C(=O)N(C)C.Cl.Cl. The van der Waals surface area contributed by atoms with Crippen LogP contribution in [0.5, 0.6) is 0 Å². The van der Waals surface area contributed by atoms with E-state index in [9.17, 15) is 4.79 Å². The van der Waals surface area contributed by atoms with Crippen LogP contribution in [-0.4, -0.2) is 34.9 Å². The number of hydrogen-bond acceptors (Lipinski definition) is 2. The van der Waals surface area contributed by atoms with Gasteiger partial charge in [0.25, 0.3) is 0 Å². The predicted molar refractivity (Wildman–Crippen MR) is 64.9 cm³/mol. The van der Waals surface area contributed by atoms with Crippen molar-refractivity contribution in [1.29, 1.82) is 0 Å². The van der Waals surface area contributed by atoms with Crippen molar-refractivity contribution in [1.82, 2.24) is 14.9 Å². The Labute approximate surface area is 102 Å². The van der Waals surface area contributed by atoms with Crippen LogP contribution >= 0.6 is 24.8 Å². The number of aromatic amines is 1. The number of H-pyrrole nitrogens is 1. The van der Waals surface area contributed by atoms with Crippen LogP contribution in [0.4, 0.5) is 0 Å². The van der Waals surface area contributed by atoms with E-state index in [-0.39, 0.29) is 36.6 Å². The summed E-state index contributed by atoms with van der Waals surface area (Å²) in [4.78, 5) is 20.2. The summed E-state index contributed by atoms with van der Waals surface area (Å²) in [6, 6.07) is 0. The molecule has 0 spiro atoms. The van der Waals surface area contributed by atoms with Gasteiger partial charge in [-0.1, -0.05) is 0 Å². The summed E-state index contributed by atoms with van der Waals surface area (Å²) >= 11 is 0. The molecule has 0 saturated carbocycles. The number of nitrogens with one attached hydrogen (secondary N) is 1. The van der Waals surface area contributed by atoms with Crippen LogP contribution in [0.15, 0.2) is 6.33 Å². The van der Waals surface area contributed by atoms with E-state index in [1.54, 1.807) is 25.3 Å². The number of imidazole rings is 1. The van der Waals surface area contributed by atoms with Gasteiger partial charge in [0.05, 0.1) is 17.9 Å². The van der Waals surface area contributed by atoms with E-state index in [0.29, 0.717) is 0 Å². The zero-order chi connectivity index (χ0) is 10.0. The molecule has 1 aromatic rings. The van der Waals surface area contributed by atoms with E-state index in [0.717, 1.165) is 11.4 Å². The third kappa shape index (κ3) is 3.72. The van der Waals surface area contributed by atoms with Crippen LogP contribution in [0.2, 0.25) is 0 Å². The normalized spacial score (nSPS) is 10.9. The fourth-order valence-electron chi connectivity index (χ4n) is 1.31. The number of aromatic nitrogens is 2. The first-order valence-corrected chi connectivity index (χ1v) is 4.25. The van der Waals surface area contributed by atoms with Gasteiger partial charge in [-0.3, -0.25) is 4.79 Å². The third-order valence-corrected chi connectivity index (χ3v) is 2.09. The molecular formula is C9H17Cl2N3O. The number of carbonyl (C=O) groups is 1. The lowest BCUT2D eigenvalue weighted by molar-refractivity contribution is -0.129. The van der Waals surface area contributed by atoms with Gasteiger partial charge in [0.2, 0.25) is 5.91 Å². The smallest absolute Gasteiger partial charge is 0.230 e. The highest BCUT2D eigenvalue weighted by atomic mass is 35.5. The standard InChI is InChI=1S/C9H15N3O.2ClH/c1-6(9(13)12(3)4)8-7(2)10-5-11-8;;/h5-6H,1-4H3,(H,10,11);2*1H. The summed E-state index contributed by atoms with van der Waals surface area (Å²) in [5.74, 6) is -0.0866. The second-order valence-corrected chi connectivity index (χ2v) is 3.37. The molecule has 0 aliphatic heterocycles. The number of likely N-dealkylation sites (N-methyl/N-ethyl adjacent to an activating group) is 1. The minimum atomic E-state index is -0.166. The van der Waals surface area contributed by atoms with Gasteiger partial charge in [-0.15, -0.1) is 24.8 Å². The molecule has 1 atom stereocenters. The third-order valence-electron chi connectivity index (χ3n) is 2.09. The molecule has 0 bridgehead atoms. The molecule has 0 aliphatic carbocycles. The molecule has 1 unspecified atom stereocenters. The van der Waals surface area contributed by atoms with Crippen molar-refractivity contribution in [3.63, 3.8) is 0 Å². The lowest BCUT2D eigenvalue weighted by Gasteiger charge is -2.15. The fraction of sp³-hybridized carbons (Fsp3) is 0.556. The van der Waals surface area contributed by atoms with Gasteiger partial charge < -0.3 is 9.88 Å². The molecule has 4 nitrogen and oxygen atoms in total. The zero-order valence-electron chi connectivity index (χ0n) is 9.27. The topological polar surface area (TPSA) is 49.0 Å². The molecule has 0 radical (unpaired) electrons. The van der Waals surface area contributed by atoms with E-state index < -0.39 is 0 Å². The Morgan fingerprint density at radius 2 is 2.00 bits per heavy atom. The van der Waals surface area contributed by atoms with E-state index in [1.165, 1.54) is 0 Å². The molecular weight excluding hydrogens is 237 g/mol. The number of hydrogen-bond donors (Lipinski definition) is 1. The van der Waals surface area contributed by atoms with Crippen LogP contribution in [-0.2, 0) is 4.79 Å². The number of rotatable bonds is 2. The Morgan fingerprint density at radius 1 is 1.47 bits per heavy atom. The summed E-state index contributed by atoms with van der Waals surface area (Å²) in [5.41, 5.74) is 1.79. The Kier molecular flexibility index (Phi) is 7.44. The van der Waals surface area contributed by atoms with E-state index in [1.807, 2.05) is 13.8 Å². The molecule has 1 amide bonds. The number of halogens is 2. The predicted octanol–water partition coefficient (Wildman–Crippen LogP) is 1.75. The quantitative estimate of drug-likeness (QED) is 0.874. The highest BCUT2D eigenvalue weighted by Crippen LogP contribution is 2.16. The van der Waals surface area contributed by atoms with Gasteiger partial charge in [-0.2, -0.15) is 0 Å². The van der Waals surface area contributed by atoms with Gasteiger partial charge in [0, 0.05) is 19.8 Å². The molecule has 1 aromatic heterocycles. The average Bonchev–Trinajstić information content (AvgIpc) is 2.48. The molecule has 0 aromatic carbocycles. The van der Waals surface area contributed by atoms with Gasteiger partial charge in [0.1, 0.15) is 0 Å². The van der Waals surface area contributed by atoms with Gasteiger partial charge in [-0.05, 0) is 13.8 Å². The molecule has 1 rings (SSSR count). The van der Waals surface area contributed by atoms with Crippen LogP contribution in [0, 0.1) is 6.92 Å². The number of aryl methyl sites for hydroxylation is 1. The zero-order valence-corrected chi connectivity index (χ0v) is 10.9. The van der Waals surface area contributed by atoms with Crippen molar-refractivity contribution in [3.05, 3.63) is 17.7 Å². The maximum atomic E-state index is 11.6. The molecule has 0 saturated heterocycles. The number of nitrogens with zero attached hydrogens (tertiary/aromatic N) is 2. The van der Waals surface area contributed by atoms with Crippen molar-refractivity contribution in [2.24, 2.45) is 0 Å². The summed E-state index contributed by atoms with van der Waals surface area (Å²) in [6.07, 6.45) is 1.62. The van der Waals surface area contributed by atoms with Gasteiger partial charge >= 0.3 is 0 Å². The maximum absolute atomic E-state index is 11.6. The fourth-order valence-corrected chi connectivity index (χ4v) is 1.31. The van der Waals surface area contributed by atoms with Crippen LogP contribution in [0.25, 0.3) is 0 Å². The Hall–Kier alpha value is -0.740. The van der Waals surface area contributed by atoms with E-state index in [2.05, 4.69) is 9.97 Å².